The second-order valence-corrected chi connectivity index (χ2v) is 3.87. The van der Waals surface area contributed by atoms with Crippen molar-refractivity contribution in [1.29, 1.82) is 0 Å². The van der Waals surface area contributed by atoms with Crippen molar-refractivity contribution in [1.82, 2.24) is 0 Å². The zero-order valence-corrected chi connectivity index (χ0v) is 9.04. The first-order chi connectivity index (χ1) is 6.15. The van der Waals surface area contributed by atoms with E-state index in [0.717, 1.165) is 10.0 Å². The largest absolute Gasteiger partial charge is 0.329 e. The van der Waals surface area contributed by atoms with Crippen LogP contribution < -0.4 is 5.73 Å². The summed E-state index contributed by atoms with van der Waals surface area (Å²) in [5.74, 6) is -0.0436. The molecular weight excluding hydrogens is 230 g/mol. The van der Waals surface area contributed by atoms with Gasteiger partial charge in [-0.3, -0.25) is 4.79 Å². The van der Waals surface area contributed by atoms with E-state index in [2.05, 4.69) is 15.9 Å². The predicted octanol–water partition coefficient (Wildman–Crippen LogP) is 2.08. The van der Waals surface area contributed by atoms with Crippen LogP contribution in [0.4, 0.5) is 0 Å². The Balaban J connectivity index is 2.92. The van der Waals surface area contributed by atoms with Gasteiger partial charge in [0.1, 0.15) is 5.78 Å². The minimum atomic E-state index is -0.159. The molecule has 0 heterocycles. The van der Waals surface area contributed by atoms with Crippen LogP contribution in [0, 0.1) is 0 Å². The van der Waals surface area contributed by atoms with Crippen molar-refractivity contribution in [3.05, 3.63) is 34.3 Å². The lowest BCUT2D eigenvalue weighted by Gasteiger charge is -2.10. The molecule has 70 valence electrons. The molecule has 1 aromatic rings. The summed E-state index contributed by atoms with van der Waals surface area (Å²) in [6.45, 7) is 1.94. The van der Waals surface area contributed by atoms with E-state index < -0.39 is 0 Å². The van der Waals surface area contributed by atoms with Crippen LogP contribution in [0.25, 0.3) is 0 Å². The lowest BCUT2D eigenvalue weighted by atomic mass is 9.96. The van der Waals surface area contributed by atoms with E-state index in [4.69, 9.17) is 5.73 Å². The van der Waals surface area contributed by atoms with Gasteiger partial charge in [0.2, 0.25) is 0 Å². The summed E-state index contributed by atoms with van der Waals surface area (Å²) in [5, 5.41) is 0. The Morgan fingerprint density at radius 3 is 2.38 bits per heavy atom. The lowest BCUT2D eigenvalue weighted by molar-refractivity contribution is -0.118. The highest BCUT2D eigenvalue weighted by molar-refractivity contribution is 9.10. The molecule has 0 aromatic heterocycles. The van der Waals surface area contributed by atoms with Crippen LogP contribution in [0.5, 0.6) is 0 Å². The average Bonchev–Trinajstić information content (AvgIpc) is 2.09. The van der Waals surface area contributed by atoms with E-state index in [9.17, 15) is 4.79 Å². The molecule has 0 radical (unpaired) electrons. The number of ketones is 1. The molecule has 0 fully saturated rings. The number of hydrogen-bond acceptors (Lipinski definition) is 2. The number of benzene rings is 1. The second kappa shape index (κ2) is 4.53. The molecule has 1 atom stereocenters. The third-order valence-corrected chi connectivity index (χ3v) is 2.53. The highest BCUT2D eigenvalue weighted by atomic mass is 79.9. The van der Waals surface area contributed by atoms with Crippen molar-refractivity contribution < 1.29 is 4.79 Å². The quantitative estimate of drug-likeness (QED) is 0.881. The fourth-order valence-electron chi connectivity index (χ4n) is 1.23. The highest BCUT2D eigenvalue weighted by Crippen LogP contribution is 2.18. The van der Waals surface area contributed by atoms with E-state index in [0.29, 0.717) is 6.54 Å². The molecule has 1 unspecified atom stereocenters. The smallest absolute Gasteiger partial charge is 0.138 e. The third-order valence-electron chi connectivity index (χ3n) is 2.00. The van der Waals surface area contributed by atoms with Crippen molar-refractivity contribution >= 4 is 21.7 Å². The SMILES string of the molecule is CC(=O)C(CN)c1ccc(Br)cc1. The van der Waals surface area contributed by atoms with E-state index in [1.165, 1.54) is 0 Å². The van der Waals surface area contributed by atoms with Crippen LogP contribution in [0.15, 0.2) is 28.7 Å². The number of carbonyl (C=O) groups is 1. The number of Topliss-reactive ketones (excluding diaryl/α,β-unsaturated/α-hetero) is 1. The molecule has 0 bridgehead atoms. The Labute approximate surface area is 86.3 Å². The van der Waals surface area contributed by atoms with E-state index >= 15 is 0 Å². The van der Waals surface area contributed by atoms with Crippen molar-refractivity contribution in [3.8, 4) is 0 Å². The number of nitrogens with two attached hydrogens (primary N) is 1. The molecule has 0 saturated heterocycles. The summed E-state index contributed by atoms with van der Waals surface area (Å²) >= 11 is 3.34. The highest BCUT2D eigenvalue weighted by Gasteiger charge is 2.13. The summed E-state index contributed by atoms with van der Waals surface area (Å²) in [7, 11) is 0. The van der Waals surface area contributed by atoms with Gasteiger partial charge in [-0.05, 0) is 24.6 Å². The summed E-state index contributed by atoms with van der Waals surface area (Å²) in [6, 6.07) is 7.67. The monoisotopic (exact) mass is 241 g/mol. The number of hydrogen-bond donors (Lipinski definition) is 1. The van der Waals surface area contributed by atoms with Crippen LogP contribution in [0.3, 0.4) is 0 Å². The van der Waals surface area contributed by atoms with Crippen molar-refractivity contribution in [2.45, 2.75) is 12.8 Å². The molecular formula is C10H12BrNO. The van der Waals surface area contributed by atoms with Crippen LogP contribution in [0.1, 0.15) is 18.4 Å². The molecule has 0 aliphatic carbocycles. The van der Waals surface area contributed by atoms with Gasteiger partial charge in [-0.15, -0.1) is 0 Å². The molecule has 2 nitrogen and oxygen atoms in total. The topological polar surface area (TPSA) is 43.1 Å². The number of carbonyl (C=O) groups excluding carboxylic acids is 1. The minimum Gasteiger partial charge on any atom is -0.329 e. The standard InChI is InChI=1S/C10H12BrNO/c1-7(13)10(6-12)8-2-4-9(11)5-3-8/h2-5,10H,6,12H2,1H3. The average molecular weight is 242 g/mol. The van der Waals surface area contributed by atoms with Gasteiger partial charge >= 0.3 is 0 Å². The summed E-state index contributed by atoms with van der Waals surface area (Å²) in [5.41, 5.74) is 6.50. The molecule has 0 aliphatic rings. The first kappa shape index (κ1) is 10.4. The maximum atomic E-state index is 11.2. The van der Waals surface area contributed by atoms with Gasteiger partial charge < -0.3 is 5.73 Å². The Morgan fingerprint density at radius 2 is 2.00 bits per heavy atom. The molecule has 13 heavy (non-hydrogen) atoms. The van der Waals surface area contributed by atoms with Gasteiger partial charge in [0.15, 0.2) is 0 Å². The Kier molecular flexibility index (Phi) is 3.63. The number of rotatable bonds is 3. The summed E-state index contributed by atoms with van der Waals surface area (Å²) < 4.78 is 1.01. The minimum absolute atomic E-state index is 0.116. The van der Waals surface area contributed by atoms with Gasteiger partial charge in [-0.1, -0.05) is 28.1 Å². The van der Waals surface area contributed by atoms with E-state index in [1.54, 1.807) is 6.92 Å². The summed E-state index contributed by atoms with van der Waals surface area (Å²) in [6.07, 6.45) is 0. The Bertz CT molecular complexity index is 294. The maximum Gasteiger partial charge on any atom is 0.138 e. The molecule has 3 heteroatoms. The Hall–Kier alpha value is -0.670. The predicted molar refractivity (Wildman–Crippen MR) is 56.6 cm³/mol. The van der Waals surface area contributed by atoms with Crippen molar-refractivity contribution in [2.75, 3.05) is 6.54 Å². The van der Waals surface area contributed by atoms with Gasteiger partial charge in [0.05, 0.1) is 5.92 Å². The van der Waals surface area contributed by atoms with Crippen LogP contribution in [-0.2, 0) is 4.79 Å². The normalized spacial score (nSPS) is 12.5. The molecule has 2 N–H and O–H groups in total. The van der Waals surface area contributed by atoms with Gasteiger partial charge in [0.25, 0.3) is 0 Å². The zero-order chi connectivity index (χ0) is 9.84. The fourth-order valence-corrected chi connectivity index (χ4v) is 1.50. The molecule has 0 spiro atoms. The lowest BCUT2D eigenvalue weighted by Crippen LogP contribution is -2.19. The molecule has 1 rings (SSSR count). The van der Waals surface area contributed by atoms with Crippen molar-refractivity contribution in [2.24, 2.45) is 5.73 Å². The first-order valence-corrected chi connectivity index (χ1v) is 4.90. The van der Waals surface area contributed by atoms with Crippen LogP contribution >= 0.6 is 15.9 Å². The first-order valence-electron chi connectivity index (χ1n) is 4.11. The Morgan fingerprint density at radius 1 is 1.46 bits per heavy atom. The third kappa shape index (κ3) is 2.64. The van der Waals surface area contributed by atoms with E-state index in [1.807, 2.05) is 24.3 Å². The number of halogens is 1. The maximum absolute atomic E-state index is 11.2. The molecule has 0 amide bonds. The van der Waals surface area contributed by atoms with Gasteiger partial charge in [-0.2, -0.15) is 0 Å². The fraction of sp³-hybridized carbons (Fsp3) is 0.300. The van der Waals surface area contributed by atoms with Crippen LogP contribution in [0.2, 0.25) is 0 Å². The van der Waals surface area contributed by atoms with Crippen LogP contribution in [-0.4, -0.2) is 12.3 Å². The summed E-state index contributed by atoms with van der Waals surface area (Å²) in [4.78, 5) is 11.2. The second-order valence-electron chi connectivity index (χ2n) is 2.95. The van der Waals surface area contributed by atoms with Crippen molar-refractivity contribution in [3.63, 3.8) is 0 Å². The molecule has 1 aromatic carbocycles. The van der Waals surface area contributed by atoms with Gasteiger partial charge in [-0.25, -0.2) is 0 Å². The zero-order valence-electron chi connectivity index (χ0n) is 7.46. The van der Waals surface area contributed by atoms with Gasteiger partial charge in [0, 0.05) is 11.0 Å². The molecule has 0 saturated carbocycles. The van der Waals surface area contributed by atoms with E-state index in [-0.39, 0.29) is 11.7 Å². The molecule has 0 aliphatic heterocycles.